The maximum absolute atomic E-state index is 13.1. The Balaban J connectivity index is 1.39. The Morgan fingerprint density at radius 3 is 2.09 bits per heavy atom. The summed E-state index contributed by atoms with van der Waals surface area (Å²) in [5.74, 6) is -0.339. The predicted octanol–water partition coefficient (Wildman–Crippen LogP) is 3.20. The molecule has 3 aromatic rings. The van der Waals surface area contributed by atoms with Gasteiger partial charge in [-0.2, -0.15) is 0 Å². The van der Waals surface area contributed by atoms with E-state index in [1.165, 1.54) is 0 Å². The molecule has 3 aromatic carbocycles. The van der Waals surface area contributed by atoms with Crippen LogP contribution in [0.15, 0.2) is 89.8 Å². The summed E-state index contributed by atoms with van der Waals surface area (Å²) >= 11 is 0. The van der Waals surface area contributed by atoms with E-state index in [9.17, 15) is 13.2 Å². The second-order valence-corrected chi connectivity index (χ2v) is 10.6. The summed E-state index contributed by atoms with van der Waals surface area (Å²) in [6, 6.07) is 26.7. The zero-order chi connectivity index (χ0) is 24.0. The van der Waals surface area contributed by atoms with Crippen LogP contribution >= 0.6 is 0 Å². The number of nitrogens with one attached hydrogen (secondary N) is 3. The van der Waals surface area contributed by atoms with E-state index in [1.807, 2.05) is 43.3 Å². The zero-order valence-corrected chi connectivity index (χ0v) is 20.1. The molecular formula is C27H31N3O3S. The fourth-order valence-electron chi connectivity index (χ4n) is 4.38. The third-order valence-corrected chi connectivity index (χ3v) is 7.80. The fraction of sp³-hybridized carbons (Fsp3) is 0.296. The zero-order valence-electron chi connectivity index (χ0n) is 19.3. The number of carbonyl (C=O) groups excluding carboxylic acids is 1. The first-order valence-electron chi connectivity index (χ1n) is 11.6. The molecule has 0 radical (unpaired) electrons. The predicted molar refractivity (Wildman–Crippen MR) is 134 cm³/mol. The lowest BCUT2D eigenvalue weighted by Crippen LogP contribution is -2.52. The van der Waals surface area contributed by atoms with Crippen molar-refractivity contribution in [2.24, 2.45) is 5.92 Å². The van der Waals surface area contributed by atoms with Gasteiger partial charge in [-0.1, -0.05) is 78.4 Å². The van der Waals surface area contributed by atoms with Crippen LogP contribution in [-0.2, 0) is 14.8 Å². The summed E-state index contributed by atoms with van der Waals surface area (Å²) in [7, 11) is -3.65. The number of sulfonamides is 1. The Labute approximate surface area is 201 Å². The summed E-state index contributed by atoms with van der Waals surface area (Å²) in [5.41, 5.74) is 3.28. The van der Waals surface area contributed by atoms with Crippen LogP contribution < -0.4 is 15.4 Å². The van der Waals surface area contributed by atoms with E-state index in [0.717, 1.165) is 16.7 Å². The van der Waals surface area contributed by atoms with Gasteiger partial charge in [0.25, 0.3) is 0 Å². The average molecular weight is 478 g/mol. The van der Waals surface area contributed by atoms with E-state index < -0.39 is 10.0 Å². The van der Waals surface area contributed by atoms with Gasteiger partial charge in [0.2, 0.25) is 15.9 Å². The second-order valence-electron chi connectivity index (χ2n) is 8.84. The van der Waals surface area contributed by atoms with Gasteiger partial charge in [-0.25, -0.2) is 13.1 Å². The summed E-state index contributed by atoms with van der Waals surface area (Å²) in [5, 5.41) is 6.33. The molecule has 1 amide bonds. The topological polar surface area (TPSA) is 87.3 Å². The molecule has 0 aliphatic carbocycles. The molecule has 0 unspecified atom stereocenters. The van der Waals surface area contributed by atoms with E-state index in [2.05, 4.69) is 39.6 Å². The highest BCUT2D eigenvalue weighted by Gasteiger charge is 2.30. The molecule has 1 heterocycles. The van der Waals surface area contributed by atoms with Crippen LogP contribution in [0.3, 0.4) is 0 Å². The van der Waals surface area contributed by atoms with Crippen molar-refractivity contribution in [1.82, 2.24) is 15.4 Å². The monoisotopic (exact) mass is 477 g/mol. The van der Waals surface area contributed by atoms with Crippen molar-refractivity contribution in [3.8, 4) is 0 Å². The minimum atomic E-state index is -3.65. The highest BCUT2D eigenvalue weighted by molar-refractivity contribution is 7.89. The molecule has 34 heavy (non-hydrogen) atoms. The summed E-state index contributed by atoms with van der Waals surface area (Å²) in [6.07, 6.45) is 0.450. The van der Waals surface area contributed by atoms with Crippen LogP contribution in [0.5, 0.6) is 0 Å². The van der Waals surface area contributed by atoms with Crippen LogP contribution in [0.2, 0.25) is 0 Å². The molecule has 0 aromatic heterocycles. The molecule has 0 bridgehead atoms. The molecule has 0 spiro atoms. The highest BCUT2D eigenvalue weighted by atomic mass is 32.2. The van der Waals surface area contributed by atoms with Crippen LogP contribution in [-0.4, -0.2) is 40.0 Å². The van der Waals surface area contributed by atoms with Gasteiger partial charge in [-0.15, -0.1) is 0 Å². The van der Waals surface area contributed by atoms with E-state index >= 15 is 0 Å². The Bertz CT molecular complexity index is 1140. The quantitative estimate of drug-likeness (QED) is 0.465. The van der Waals surface area contributed by atoms with Gasteiger partial charge in [0.1, 0.15) is 0 Å². The van der Waals surface area contributed by atoms with Crippen LogP contribution in [0, 0.1) is 12.8 Å². The normalized spacial score (nSPS) is 18.5. The summed E-state index contributed by atoms with van der Waals surface area (Å²) < 4.78 is 28.3. The number of benzene rings is 3. The Kier molecular flexibility index (Phi) is 7.77. The smallest absolute Gasteiger partial charge is 0.240 e. The van der Waals surface area contributed by atoms with E-state index in [0.29, 0.717) is 26.1 Å². The van der Waals surface area contributed by atoms with E-state index in [1.54, 1.807) is 24.3 Å². The first-order valence-corrected chi connectivity index (χ1v) is 13.1. The number of amides is 1. The van der Waals surface area contributed by atoms with Crippen LogP contribution in [0.25, 0.3) is 0 Å². The number of hydrogen-bond acceptors (Lipinski definition) is 4. The van der Waals surface area contributed by atoms with Gasteiger partial charge in [0.15, 0.2) is 0 Å². The van der Waals surface area contributed by atoms with Gasteiger partial charge in [0.05, 0.1) is 10.8 Å². The van der Waals surface area contributed by atoms with Crippen molar-refractivity contribution < 1.29 is 13.2 Å². The fourth-order valence-corrected chi connectivity index (χ4v) is 5.63. The lowest BCUT2D eigenvalue weighted by Gasteiger charge is -2.30. The maximum Gasteiger partial charge on any atom is 0.240 e. The number of hydrogen-bond donors (Lipinski definition) is 3. The van der Waals surface area contributed by atoms with Crippen LogP contribution in [0.1, 0.15) is 29.0 Å². The lowest BCUT2D eigenvalue weighted by molar-refractivity contribution is -0.125. The van der Waals surface area contributed by atoms with Gasteiger partial charge in [-0.3, -0.25) is 4.79 Å². The number of rotatable bonds is 8. The Morgan fingerprint density at radius 1 is 0.912 bits per heavy atom. The van der Waals surface area contributed by atoms with Crippen molar-refractivity contribution in [2.45, 2.75) is 30.2 Å². The van der Waals surface area contributed by atoms with Gasteiger partial charge in [-0.05, 0) is 36.6 Å². The summed E-state index contributed by atoms with van der Waals surface area (Å²) in [4.78, 5) is 13.3. The Hall–Kier alpha value is -3.00. The van der Waals surface area contributed by atoms with Crippen molar-refractivity contribution >= 4 is 15.9 Å². The molecule has 7 heteroatoms. The molecule has 6 nitrogen and oxygen atoms in total. The second kappa shape index (κ2) is 11.0. The van der Waals surface area contributed by atoms with Crippen LogP contribution in [0.4, 0.5) is 0 Å². The minimum absolute atomic E-state index is 0.0405. The van der Waals surface area contributed by atoms with E-state index in [4.69, 9.17) is 0 Å². The number of piperidine rings is 1. The number of aryl methyl sites for hydroxylation is 1. The molecule has 4 rings (SSSR count). The SMILES string of the molecule is Cc1ccc(S(=O)(=O)N[C@H]2CNC[C@H](C(=O)NCC(c3ccccc3)c3ccccc3)C2)cc1. The molecule has 1 fully saturated rings. The minimum Gasteiger partial charge on any atom is -0.355 e. The van der Waals surface area contributed by atoms with E-state index in [-0.39, 0.29) is 28.7 Å². The molecule has 3 N–H and O–H groups in total. The third kappa shape index (κ3) is 6.11. The molecule has 0 saturated carbocycles. The highest BCUT2D eigenvalue weighted by Crippen LogP contribution is 2.24. The largest absolute Gasteiger partial charge is 0.355 e. The first kappa shape index (κ1) is 24.1. The number of carbonyl (C=O) groups is 1. The van der Waals surface area contributed by atoms with Gasteiger partial charge >= 0.3 is 0 Å². The molecule has 1 saturated heterocycles. The molecule has 178 valence electrons. The molecular weight excluding hydrogens is 446 g/mol. The summed E-state index contributed by atoms with van der Waals surface area (Å²) in [6.45, 7) is 3.41. The lowest BCUT2D eigenvalue weighted by atomic mass is 9.90. The maximum atomic E-state index is 13.1. The van der Waals surface area contributed by atoms with Crippen molar-refractivity contribution in [2.75, 3.05) is 19.6 Å². The third-order valence-electron chi connectivity index (χ3n) is 6.26. The van der Waals surface area contributed by atoms with Gasteiger partial charge in [0, 0.05) is 31.6 Å². The van der Waals surface area contributed by atoms with Crippen molar-refractivity contribution in [1.29, 1.82) is 0 Å². The molecule has 2 atom stereocenters. The van der Waals surface area contributed by atoms with Gasteiger partial charge < -0.3 is 10.6 Å². The van der Waals surface area contributed by atoms with Crippen molar-refractivity contribution in [3.05, 3.63) is 102 Å². The standard InChI is InChI=1S/C27H31N3O3S/c1-20-12-14-25(15-13-20)34(32,33)30-24-16-23(17-28-18-24)27(31)29-19-26(21-8-4-2-5-9-21)22-10-6-3-7-11-22/h2-15,23-24,26,28,30H,16-19H2,1H3,(H,29,31)/t23-,24-/m1/s1. The first-order chi connectivity index (χ1) is 16.4. The average Bonchev–Trinajstić information content (AvgIpc) is 2.85. The van der Waals surface area contributed by atoms with Crippen molar-refractivity contribution in [3.63, 3.8) is 0 Å². The molecule has 1 aliphatic rings. The Morgan fingerprint density at radius 2 is 1.50 bits per heavy atom. The molecule has 1 aliphatic heterocycles.